The Bertz CT molecular complexity index is 5440. The number of nitrogens with one attached hydrogen (secondary N) is 6. The number of nitrogens with zero attached hydrogens (tertiary/aromatic N) is 8. The molecule has 3 atom stereocenters. The van der Waals surface area contributed by atoms with Gasteiger partial charge in [-0.25, -0.2) is 13.8 Å². The summed E-state index contributed by atoms with van der Waals surface area (Å²) >= 11 is 0. The number of hydrogen-bond donors (Lipinski definition) is 6. The van der Waals surface area contributed by atoms with Gasteiger partial charge in [0.1, 0.15) is 72.1 Å². The summed E-state index contributed by atoms with van der Waals surface area (Å²) in [5.74, 6) is 0.496. The van der Waals surface area contributed by atoms with Gasteiger partial charge in [-0.05, 0) is 209 Å². The molecule has 9 rings (SSSR count). The molecule has 1 aliphatic heterocycles. The second kappa shape index (κ2) is 42.7. The van der Waals surface area contributed by atoms with E-state index in [4.69, 9.17) is 67.8 Å². The molecule has 1 aliphatic rings. The first-order valence-electron chi connectivity index (χ1n) is 39.3. The zero-order chi connectivity index (χ0) is 89.8. The largest absolute Gasteiger partial charge is 0.460 e. The lowest BCUT2D eigenvalue weighted by Gasteiger charge is -2.33. The summed E-state index contributed by atoms with van der Waals surface area (Å²) in [7, 11) is -19.0. The lowest BCUT2D eigenvalue weighted by molar-refractivity contribution is -0.119. The van der Waals surface area contributed by atoms with Crippen molar-refractivity contribution in [3.8, 4) is 57.5 Å². The fourth-order valence-electron chi connectivity index (χ4n) is 10.2. The topological polar surface area (TPSA) is 366 Å². The van der Waals surface area contributed by atoms with E-state index in [1.54, 1.807) is 253 Å². The molecule has 6 N–H and O–H groups in total. The maximum atomic E-state index is 13.2. The van der Waals surface area contributed by atoms with Crippen molar-refractivity contribution in [3.05, 3.63) is 194 Å². The highest BCUT2D eigenvalue weighted by molar-refractivity contribution is 7.79. The van der Waals surface area contributed by atoms with Gasteiger partial charge in [0.2, 0.25) is 35.4 Å². The number of carbonyl (C=O) groups excluding carboxylic acids is 6. The van der Waals surface area contributed by atoms with Crippen molar-refractivity contribution in [1.29, 1.82) is 0 Å². The summed E-state index contributed by atoms with van der Waals surface area (Å²) in [5, 5.41) is 17.4. The van der Waals surface area contributed by atoms with Crippen LogP contribution in [0.3, 0.4) is 0 Å². The molecule has 0 bridgehead atoms. The lowest BCUT2D eigenvalue weighted by Crippen LogP contribution is -2.17. The monoisotopic (exact) mass is 1820 g/mol. The van der Waals surface area contributed by atoms with Crippen LogP contribution < -0.4 is 77.1 Å². The van der Waals surface area contributed by atoms with Gasteiger partial charge in [0, 0.05) is 130 Å². The third-order valence-electron chi connectivity index (χ3n) is 16.9. The van der Waals surface area contributed by atoms with Crippen LogP contribution in [0.4, 0.5) is 34.1 Å². The SMILES string of the molecule is CN=P(C)(C)N=P(C)(C)Oc1ccc(OP(C)(=NC)Oc2ccc(NC(=O)C(C)C)cc2)cc1.CN=P(C)(C)N=P(C)(C)Oc1ccc(OP2(Oc3ccc(NC(=O)C(C)C)cc3)=NP(Oc3ccc(NC(=O)C(C)C)cc3)(Oc3ccc(NC(=O)C(C)C)cc3)=NP(Oc3ccc(NC(=O)C(C)C)cc3)(Oc3cccc(NC(=O)C(C)C)c3)=N2)cc1. The summed E-state index contributed by atoms with van der Waals surface area (Å²) in [6.45, 7) is 39.5. The van der Waals surface area contributed by atoms with E-state index in [-0.39, 0.29) is 105 Å². The number of carbonyl (C=O) groups is 6. The highest BCUT2D eigenvalue weighted by atomic mass is 31.3. The van der Waals surface area contributed by atoms with Gasteiger partial charge in [0.25, 0.3) is 0 Å². The first-order valence-corrected chi connectivity index (χ1v) is 56.2. The van der Waals surface area contributed by atoms with Crippen LogP contribution in [0.15, 0.2) is 231 Å². The van der Waals surface area contributed by atoms with Gasteiger partial charge in [-0.1, -0.05) is 103 Å². The van der Waals surface area contributed by atoms with Gasteiger partial charge < -0.3 is 77.1 Å². The van der Waals surface area contributed by atoms with Crippen LogP contribution in [0.25, 0.3) is 0 Å². The molecular weight excluding hydrogens is 1710 g/mol. The average Bonchev–Trinajstić information content (AvgIpc) is 0.727. The van der Waals surface area contributed by atoms with Crippen LogP contribution >= 0.6 is 59.5 Å². The van der Waals surface area contributed by atoms with E-state index < -0.39 is 59.5 Å². The minimum Gasteiger partial charge on any atom is -0.460 e. The van der Waals surface area contributed by atoms with E-state index in [9.17, 15) is 28.8 Å². The molecule has 3 unspecified atom stereocenters. The number of benzene rings is 8. The van der Waals surface area contributed by atoms with Crippen molar-refractivity contribution >= 4 is 129 Å². The fraction of sp³-hybridized carbons (Fsp3) is 0.357. The predicted molar refractivity (Wildman–Crippen MR) is 504 cm³/mol. The molecule has 8 aromatic rings. The molecule has 0 radical (unpaired) electrons. The number of anilines is 6. The Hall–Kier alpha value is -9.58. The van der Waals surface area contributed by atoms with Crippen molar-refractivity contribution in [2.24, 2.45) is 72.3 Å². The zero-order valence-corrected chi connectivity index (χ0v) is 80.8. The van der Waals surface area contributed by atoms with Crippen LogP contribution in [-0.4, -0.2) is 117 Å². The molecule has 122 heavy (non-hydrogen) atoms. The molecule has 38 heteroatoms. The second-order valence-electron chi connectivity index (χ2n) is 31.5. The van der Waals surface area contributed by atoms with Crippen molar-refractivity contribution < 1.29 is 74.0 Å². The predicted octanol–water partition coefficient (Wildman–Crippen LogP) is 25.8. The molecule has 0 aliphatic carbocycles. The van der Waals surface area contributed by atoms with E-state index in [2.05, 4.69) is 59.5 Å². The molecule has 1 heterocycles. The highest BCUT2D eigenvalue weighted by Crippen LogP contribution is 2.79. The Kier molecular flexibility index (Phi) is 34.2. The van der Waals surface area contributed by atoms with E-state index in [0.717, 1.165) is 5.75 Å². The Morgan fingerprint density at radius 2 is 0.475 bits per heavy atom. The zero-order valence-electron chi connectivity index (χ0n) is 73.6. The molecule has 0 fully saturated rings. The Balaban J connectivity index is 0.000000453. The summed E-state index contributed by atoms with van der Waals surface area (Å²) in [6.07, 6.45) is 0. The summed E-state index contributed by atoms with van der Waals surface area (Å²) in [4.78, 5) is 76.8. The average molecular weight is 1830 g/mol. The number of hydrogen-bond acceptors (Lipinski definition) is 22. The summed E-state index contributed by atoms with van der Waals surface area (Å²) < 4.78 is 107. The van der Waals surface area contributed by atoms with Crippen molar-refractivity contribution in [2.45, 2.75) is 83.1 Å². The second-order valence-corrected chi connectivity index (χ2v) is 53.1. The van der Waals surface area contributed by atoms with Gasteiger partial charge in [0.15, 0.2) is 0 Å². The van der Waals surface area contributed by atoms with Crippen molar-refractivity contribution in [3.63, 3.8) is 0 Å². The van der Waals surface area contributed by atoms with Gasteiger partial charge >= 0.3 is 30.5 Å². The van der Waals surface area contributed by atoms with Crippen molar-refractivity contribution in [1.82, 2.24) is 0 Å². The number of amides is 6. The Morgan fingerprint density at radius 1 is 0.270 bits per heavy atom. The van der Waals surface area contributed by atoms with E-state index in [0.29, 0.717) is 51.4 Å². The smallest absolute Gasteiger partial charge is 0.460 e. The molecule has 658 valence electrons. The maximum absolute atomic E-state index is 13.2. The first kappa shape index (κ1) is 97.9. The van der Waals surface area contributed by atoms with Gasteiger partial charge in [0.05, 0.1) is 14.4 Å². The minimum absolute atomic E-state index is 0.0322. The normalized spacial score (nSPS) is 15.4. The quantitative estimate of drug-likeness (QED) is 0.0204. The molecule has 0 saturated carbocycles. The van der Waals surface area contributed by atoms with Crippen molar-refractivity contribution in [2.75, 3.05) is 113 Å². The molecule has 30 nitrogen and oxygen atoms in total. The molecule has 8 aromatic carbocycles. The molecular formula is C84H116N14O16P8. The lowest BCUT2D eigenvalue weighted by atomic mass is 10.2. The summed E-state index contributed by atoms with van der Waals surface area (Å²) in [5.41, 5.74) is 2.96. The third kappa shape index (κ3) is 30.7. The molecule has 0 saturated heterocycles. The van der Waals surface area contributed by atoms with Gasteiger partial charge in [-0.15, -0.1) is 0 Å². The van der Waals surface area contributed by atoms with Crippen LogP contribution in [0.5, 0.6) is 57.5 Å². The van der Waals surface area contributed by atoms with Gasteiger partial charge in [-0.3, -0.25) is 38.3 Å². The van der Waals surface area contributed by atoms with E-state index in [1.807, 2.05) is 91.8 Å². The third-order valence-corrected chi connectivity index (χ3v) is 37.1. The van der Waals surface area contributed by atoms with Crippen LogP contribution in [0.1, 0.15) is 83.1 Å². The molecule has 0 spiro atoms. The Labute approximate surface area is 718 Å². The van der Waals surface area contributed by atoms with E-state index >= 15 is 0 Å². The van der Waals surface area contributed by atoms with Crippen LogP contribution in [0.2, 0.25) is 0 Å². The fourth-order valence-corrected chi connectivity index (χ4v) is 31.2. The number of rotatable bonds is 34. The summed E-state index contributed by atoms with van der Waals surface area (Å²) in [6, 6.07) is 54.0. The molecule has 0 aromatic heterocycles. The van der Waals surface area contributed by atoms with Crippen LogP contribution in [0, 0.1) is 35.5 Å². The molecule has 6 amide bonds. The maximum Gasteiger partial charge on any atom is 0.460 e. The standard InChI is InChI=1S/C61H79N10O12P5.C23H37N4O4P3/c1-40(2)57(72)63-45-19-27-51(28-20-45)78-86(79-52-29-21-46(22-30-52)64-58(73)41(3)4)69-87(80-53-31-23-47(24-32-53)65-59(74)42(5)6,82-55-37-35-50(36-38-55)77-85(14,15)68-84(12,13)62-11)71-88(70-86,81-54-33-25-48(26-34-54)66-60(75)43(7)8)83-56-18-16-17-49(39-56)67-61(76)44(9)10;1-18(2)23(28)26-19-10-12-21(13-11-19)30-34(9,25-4)31-22-16-14-20(15-17-22)29-33(7,8)27-32(5,6)24-3/h16-44H,1-15H3,(H,63,72)(H,64,73)(H,65,74)(H,66,75)(H,67,76);10-18H,1-9H3,(H,26,28). The highest BCUT2D eigenvalue weighted by Gasteiger charge is 2.49. The van der Waals surface area contributed by atoms with Gasteiger partial charge in [-0.2, -0.15) is 0 Å². The minimum atomic E-state index is -4.59. The Morgan fingerprint density at radius 3 is 0.705 bits per heavy atom. The van der Waals surface area contributed by atoms with E-state index in [1.165, 1.54) is 0 Å². The first-order chi connectivity index (χ1) is 57.2. The van der Waals surface area contributed by atoms with Crippen LogP contribution in [-0.2, 0) is 28.8 Å².